The third-order valence-electron chi connectivity index (χ3n) is 12.7. The van der Waals surface area contributed by atoms with Crippen molar-refractivity contribution in [3.05, 3.63) is 179 Å². The molecule has 15 nitrogen and oxygen atoms in total. The first kappa shape index (κ1) is 81.0. The van der Waals surface area contributed by atoms with E-state index >= 15 is 0 Å². The van der Waals surface area contributed by atoms with Gasteiger partial charge >= 0.3 is 0 Å². The maximum atomic E-state index is 12.8. The van der Waals surface area contributed by atoms with Crippen molar-refractivity contribution in [2.24, 2.45) is 5.92 Å². The summed E-state index contributed by atoms with van der Waals surface area (Å²) < 4.78 is 52.0. The predicted octanol–water partition coefficient (Wildman–Crippen LogP) is 18.7. The second kappa shape index (κ2) is 43.6. The number of unbranched alkanes of at least 4 members (excludes halogenated alkanes) is 1. The molecule has 5 aromatic carbocycles. The Kier molecular flexibility index (Phi) is 40.7. The summed E-state index contributed by atoms with van der Waals surface area (Å²) in [5.41, 5.74) is 3.40. The molecule has 2 aliphatic rings. The number of aromatic nitrogens is 3. The fraction of sp³-hybridized carbons (Fsp3) is 0.452. The lowest BCUT2D eigenvalue weighted by Gasteiger charge is -2.10. The Morgan fingerprint density at radius 2 is 1.02 bits per heavy atom. The van der Waals surface area contributed by atoms with E-state index in [9.17, 15) is 57.0 Å². The number of nitro groups is 2. The zero-order valence-electron chi connectivity index (χ0n) is 51.3. The number of nitrogens with zero attached hydrogens (tertiary/aromatic N) is 7. The number of amides is 3. The van der Waals surface area contributed by atoms with E-state index in [1.54, 1.807) is 43.3 Å². The van der Waals surface area contributed by atoms with Gasteiger partial charge in [-0.3, -0.25) is 44.3 Å². The molecule has 0 bridgehead atoms. The largest absolute Gasteiger partial charge is 0.343 e. The van der Waals surface area contributed by atoms with Crippen molar-refractivity contribution in [2.75, 3.05) is 19.6 Å². The number of nitro benzene ring substituents is 2. The van der Waals surface area contributed by atoms with Crippen molar-refractivity contribution in [3.63, 3.8) is 0 Å². The highest BCUT2D eigenvalue weighted by Gasteiger charge is 2.27. The van der Waals surface area contributed by atoms with Gasteiger partial charge in [-0.05, 0) is 87.6 Å². The van der Waals surface area contributed by atoms with Crippen LogP contribution in [0.25, 0.3) is 10.9 Å². The number of benzene rings is 5. The highest BCUT2D eigenvalue weighted by Crippen LogP contribution is 2.44. The Labute approximate surface area is 537 Å². The van der Waals surface area contributed by atoms with Gasteiger partial charge in [0.2, 0.25) is 17.7 Å². The molecule has 2 fully saturated rings. The van der Waals surface area contributed by atoms with Gasteiger partial charge in [-0.1, -0.05) is 193 Å². The third kappa shape index (κ3) is 27.1. The minimum Gasteiger partial charge on any atom is -0.343 e. The van der Waals surface area contributed by atoms with Crippen molar-refractivity contribution < 1.29 is 41.8 Å². The number of non-ortho nitro benzene ring substituents is 2. The Morgan fingerprint density at radius 3 is 1.41 bits per heavy atom. The summed E-state index contributed by atoms with van der Waals surface area (Å²) in [6.45, 7) is 27.0. The molecular weight excluding hydrogens is 1260 g/mol. The SMILES string of the molecule is CCC(C)C.CCCC.CCN1C(=O)CCC1=O.CCN1CCCC1=O.CCc1c(Cl)c(Cl)c(Cl)c(Cl)c1Cl.CCc1c(F)c(F)c(F)c(F)c1Cl.CCc1ccc([N+](=O)[O-])cc1.CCc1cccc([N+](=O)[O-])c1.CCn1nnc2ccccc2c1=O. The third-order valence-corrected chi connectivity index (χ3v) is 15.4. The molecule has 0 unspecified atom stereocenters. The van der Waals surface area contributed by atoms with Crippen molar-refractivity contribution in [2.45, 2.75) is 160 Å². The second-order valence-corrected chi connectivity index (χ2v) is 21.3. The van der Waals surface area contributed by atoms with Crippen molar-refractivity contribution in [1.82, 2.24) is 24.8 Å². The van der Waals surface area contributed by atoms with Gasteiger partial charge in [0.05, 0.1) is 45.4 Å². The molecule has 2 aliphatic heterocycles. The molecule has 0 aliphatic carbocycles. The van der Waals surface area contributed by atoms with Crippen LogP contribution in [-0.2, 0) is 46.6 Å². The van der Waals surface area contributed by atoms with Gasteiger partial charge in [0.15, 0.2) is 23.3 Å². The zero-order chi connectivity index (χ0) is 66.7. The minimum atomic E-state index is -1.88. The number of likely N-dealkylation sites (tertiary alicyclic amines) is 2. The maximum absolute atomic E-state index is 12.8. The van der Waals surface area contributed by atoms with Gasteiger partial charge in [-0.2, -0.15) is 0 Å². The summed E-state index contributed by atoms with van der Waals surface area (Å²) >= 11 is 34.5. The normalized spacial score (nSPS) is 11.9. The van der Waals surface area contributed by atoms with Crippen LogP contribution in [0.5, 0.6) is 0 Å². The van der Waals surface area contributed by atoms with E-state index in [-0.39, 0.29) is 65.6 Å². The van der Waals surface area contributed by atoms with Gasteiger partial charge in [0.1, 0.15) is 5.52 Å². The van der Waals surface area contributed by atoms with Crippen LogP contribution in [0.3, 0.4) is 0 Å². The summed E-state index contributed by atoms with van der Waals surface area (Å²) in [6, 6.07) is 20.5. The van der Waals surface area contributed by atoms with E-state index in [0.29, 0.717) is 59.2 Å². The Balaban J connectivity index is 0.000000973. The van der Waals surface area contributed by atoms with E-state index in [0.717, 1.165) is 61.4 Å². The van der Waals surface area contributed by atoms with Crippen molar-refractivity contribution in [3.8, 4) is 0 Å². The zero-order valence-corrected chi connectivity index (χ0v) is 55.8. The number of carbonyl (C=O) groups is 3. The van der Waals surface area contributed by atoms with Crippen LogP contribution in [0.15, 0.2) is 77.6 Å². The van der Waals surface area contributed by atoms with Gasteiger partial charge in [0.25, 0.3) is 16.9 Å². The molecule has 0 N–H and O–H groups in total. The number of hydrogen-bond acceptors (Lipinski definition) is 10. The van der Waals surface area contributed by atoms with Gasteiger partial charge in [-0.25, -0.2) is 22.2 Å². The van der Waals surface area contributed by atoms with Crippen molar-refractivity contribution in [1.29, 1.82) is 0 Å². The van der Waals surface area contributed by atoms with Crippen molar-refractivity contribution >= 4 is 110 Å². The standard InChI is InChI=1S/C9H9N3O.C8H5Cl5.C8H5ClF4.2C8H9NO2.C6H9NO2.C6H11NO.C5H12.C4H10/c1-2-12-9(13)7-5-3-4-6-8(7)10-11-12;2*1-2-3-4(9)6(11)8(13)7(12)5(3)10;1-2-7-3-5-8(6-4-7)9(10)11;1-2-7-4-3-5-8(6-7)9(10)11;1-2-7-5(8)3-4-6(7)9;1-2-7-5-3-4-6(7)8;1-4-5(2)3;1-3-4-2/h3-6H,2H2,1H3;2*2H2,1H3;2*3-6H,2H2,1H3;2-4H2,1H3;2-5H2,1H3;5H,4H2,1-3H3;3-4H2,1-2H3. The van der Waals surface area contributed by atoms with Crippen LogP contribution in [0.1, 0.15) is 150 Å². The average molecular weight is 1340 g/mol. The maximum Gasteiger partial charge on any atom is 0.277 e. The lowest BCUT2D eigenvalue weighted by Crippen LogP contribution is -2.28. The fourth-order valence-corrected chi connectivity index (χ4v) is 8.65. The molecule has 480 valence electrons. The summed E-state index contributed by atoms with van der Waals surface area (Å²) in [4.78, 5) is 66.7. The first-order valence-corrected chi connectivity index (χ1v) is 30.8. The number of halogens is 10. The highest BCUT2D eigenvalue weighted by molar-refractivity contribution is 6.55. The minimum absolute atomic E-state index is 0.00120. The Morgan fingerprint density at radius 1 is 0.529 bits per heavy atom. The molecule has 0 radical (unpaired) electrons. The molecule has 0 saturated carbocycles. The molecule has 3 heterocycles. The van der Waals surface area contributed by atoms with Crippen LogP contribution >= 0.6 is 69.6 Å². The van der Waals surface area contributed by atoms with Crippen LogP contribution in [0.4, 0.5) is 28.9 Å². The summed E-state index contributed by atoms with van der Waals surface area (Å²) in [5, 5.41) is 29.6. The topological polar surface area (TPSA) is 192 Å². The number of aryl methyl sites for hydroxylation is 3. The molecule has 0 atom stereocenters. The van der Waals surface area contributed by atoms with Crippen LogP contribution in [0.2, 0.25) is 30.1 Å². The molecule has 8 rings (SSSR count). The lowest BCUT2D eigenvalue weighted by atomic mass is 10.1. The lowest BCUT2D eigenvalue weighted by molar-refractivity contribution is -0.385. The van der Waals surface area contributed by atoms with Crippen LogP contribution in [-0.4, -0.2) is 72.0 Å². The van der Waals surface area contributed by atoms with E-state index in [1.165, 1.54) is 54.0 Å². The van der Waals surface area contributed by atoms with Gasteiger partial charge < -0.3 is 4.90 Å². The number of imide groups is 1. The number of hydrogen-bond donors (Lipinski definition) is 0. The molecule has 3 amide bonds. The molecule has 87 heavy (non-hydrogen) atoms. The molecule has 2 saturated heterocycles. The number of carbonyl (C=O) groups excluding carboxylic acids is 3. The van der Waals surface area contributed by atoms with E-state index in [2.05, 4.69) is 44.9 Å². The number of fused-ring (bicyclic) bond motifs is 1. The van der Waals surface area contributed by atoms with Crippen LogP contribution < -0.4 is 5.56 Å². The average Bonchev–Trinajstić information content (AvgIpc) is 2.53. The quantitative estimate of drug-likeness (QED) is 0.0301. The molecule has 6 aromatic rings. The van der Waals surface area contributed by atoms with Crippen LogP contribution in [0, 0.1) is 49.4 Å². The Bertz CT molecular complexity index is 3070. The Hall–Kier alpha value is -5.96. The molecule has 0 spiro atoms. The molecular formula is C62H79Cl6F4N7O8. The predicted molar refractivity (Wildman–Crippen MR) is 345 cm³/mol. The first-order chi connectivity index (χ1) is 41.1. The molecule has 25 heteroatoms. The summed E-state index contributed by atoms with van der Waals surface area (Å²) in [7, 11) is 0. The second-order valence-electron chi connectivity index (χ2n) is 19.0. The van der Waals surface area contributed by atoms with E-state index in [4.69, 9.17) is 69.6 Å². The summed E-state index contributed by atoms with van der Waals surface area (Å²) in [6.07, 6.45) is 9.01. The molecule has 1 aromatic heterocycles. The smallest absolute Gasteiger partial charge is 0.277 e. The van der Waals surface area contributed by atoms with Gasteiger partial charge in [0, 0.05) is 75.3 Å². The van der Waals surface area contributed by atoms with E-state index in [1.807, 2.05) is 57.7 Å². The monoisotopic (exact) mass is 1340 g/mol. The first-order valence-electron chi connectivity index (χ1n) is 28.5. The highest BCUT2D eigenvalue weighted by atomic mass is 35.5. The summed E-state index contributed by atoms with van der Waals surface area (Å²) in [5.74, 6) is -5.50. The number of rotatable bonds is 11. The van der Waals surface area contributed by atoms with E-state index < -0.39 is 28.3 Å². The fourth-order valence-electron chi connectivity index (χ4n) is 6.91. The van der Waals surface area contributed by atoms with Gasteiger partial charge in [-0.15, -0.1) is 5.10 Å².